The predicted octanol–water partition coefficient (Wildman–Crippen LogP) is 1.27. The minimum Gasteiger partial charge on any atom is -0.390 e. The van der Waals surface area contributed by atoms with Gasteiger partial charge in [-0.1, -0.05) is 6.07 Å². The molecule has 1 aliphatic carbocycles. The first-order chi connectivity index (χ1) is 7.95. The molecule has 1 aliphatic rings. The lowest BCUT2D eigenvalue weighted by Gasteiger charge is -2.32. The lowest BCUT2D eigenvalue weighted by atomic mass is 9.88. The van der Waals surface area contributed by atoms with E-state index in [1.807, 2.05) is 0 Å². The maximum Gasteiger partial charge on any atom is 0.159 e. The molecule has 0 heterocycles. The summed E-state index contributed by atoms with van der Waals surface area (Å²) in [5, 5.41) is 29.7. The van der Waals surface area contributed by atoms with E-state index in [-0.39, 0.29) is 12.0 Å². The van der Waals surface area contributed by atoms with Gasteiger partial charge in [-0.25, -0.2) is 8.78 Å². The Kier molecular flexibility index (Phi) is 3.16. The lowest BCUT2D eigenvalue weighted by molar-refractivity contribution is -0.132. The summed E-state index contributed by atoms with van der Waals surface area (Å²) in [6.07, 6.45) is -1.27. The Balaban J connectivity index is 2.30. The van der Waals surface area contributed by atoms with Crippen molar-refractivity contribution in [3.63, 3.8) is 0 Å². The number of aliphatic hydroxyl groups is 3. The summed E-state index contributed by atoms with van der Waals surface area (Å²) in [6.45, 7) is 0. The van der Waals surface area contributed by atoms with Gasteiger partial charge in [-0.3, -0.25) is 0 Å². The summed E-state index contributed by atoms with van der Waals surface area (Å²) in [6, 6.07) is 2.92. The van der Waals surface area contributed by atoms with Crippen molar-refractivity contribution in [1.29, 1.82) is 0 Å². The molecule has 0 aliphatic heterocycles. The average molecular weight is 244 g/mol. The molecular weight excluding hydrogens is 230 g/mol. The Morgan fingerprint density at radius 2 is 2.00 bits per heavy atom. The van der Waals surface area contributed by atoms with Gasteiger partial charge >= 0.3 is 0 Å². The van der Waals surface area contributed by atoms with Crippen LogP contribution in [0, 0.1) is 11.6 Å². The number of aliphatic hydroxyl groups excluding tert-OH is 2. The Morgan fingerprint density at radius 1 is 1.29 bits per heavy atom. The number of hydrogen-bond acceptors (Lipinski definition) is 3. The van der Waals surface area contributed by atoms with Crippen LogP contribution in [0.25, 0.3) is 0 Å². The maximum absolute atomic E-state index is 13.0. The van der Waals surface area contributed by atoms with Crippen LogP contribution in [0.4, 0.5) is 8.78 Å². The van der Waals surface area contributed by atoms with Crippen LogP contribution in [0.3, 0.4) is 0 Å². The van der Waals surface area contributed by atoms with E-state index in [1.54, 1.807) is 0 Å². The van der Waals surface area contributed by atoms with Crippen molar-refractivity contribution >= 4 is 0 Å². The Labute approximate surface area is 97.3 Å². The van der Waals surface area contributed by atoms with Crippen LogP contribution in [-0.4, -0.2) is 27.0 Å². The second-order valence-electron chi connectivity index (χ2n) is 4.48. The summed E-state index contributed by atoms with van der Waals surface area (Å²) in [5.41, 5.74) is -1.61. The minimum absolute atomic E-state index is 0.0624. The molecular formula is C12H14F2O3. The van der Waals surface area contributed by atoms with Gasteiger partial charge in [0.15, 0.2) is 11.6 Å². The van der Waals surface area contributed by atoms with E-state index < -0.39 is 29.4 Å². The number of hydrogen-bond donors (Lipinski definition) is 3. The standard InChI is InChI=1S/C12H14F2O3/c13-8-4-3-7(6-9(8)14)11(16)12(17)5-1-2-10(12)15/h3-4,6,10-11,15-17H,1-2,5H2/t10?,11-,12?/m1/s1. The second-order valence-corrected chi connectivity index (χ2v) is 4.48. The van der Waals surface area contributed by atoms with Crippen LogP contribution in [0.5, 0.6) is 0 Å². The van der Waals surface area contributed by atoms with Crippen molar-refractivity contribution in [2.24, 2.45) is 0 Å². The van der Waals surface area contributed by atoms with Gasteiger partial charge in [-0.2, -0.15) is 0 Å². The van der Waals surface area contributed by atoms with E-state index in [0.717, 1.165) is 12.1 Å². The highest BCUT2D eigenvalue weighted by molar-refractivity contribution is 5.23. The molecule has 1 saturated carbocycles. The quantitative estimate of drug-likeness (QED) is 0.734. The van der Waals surface area contributed by atoms with Crippen molar-refractivity contribution < 1.29 is 24.1 Å². The minimum atomic E-state index is -1.68. The first-order valence-electron chi connectivity index (χ1n) is 5.48. The summed E-state index contributed by atoms with van der Waals surface area (Å²) in [5.74, 6) is -2.10. The molecule has 1 aromatic carbocycles. The number of benzene rings is 1. The molecule has 3 nitrogen and oxygen atoms in total. The van der Waals surface area contributed by atoms with Crippen LogP contribution < -0.4 is 0 Å². The summed E-state index contributed by atoms with van der Waals surface area (Å²) in [4.78, 5) is 0. The molecule has 2 unspecified atom stereocenters. The second kappa shape index (κ2) is 4.33. The fraction of sp³-hybridized carbons (Fsp3) is 0.500. The van der Waals surface area contributed by atoms with Crippen molar-refractivity contribution in [2.75, 3.05) is 0 Å². The van der Waals surface area contributed by atoms with E-state index >= 15 is 0 Å². The summed E-state index contributed by atoms with van der Waals surface area (Å²) >= 11 is 0. The van der Waals surface area contributed by atoms with Gasteiger partial charge in [0, 0.05) is 0 Å². The maximum atomic E-state index is 13.0. The Bertz CT molecular complexity index is 424. The van der Waals surface area contributed by atoms with Crippen LogP contribution in [0.1, 0.15) is 30.9 Å². The fourth-order valence-electron chi connectivity index (χ4n) is 2.29. The SMILES string of the molecule is OC1CCCC1(O)[C@H](O)c1ccc(F)c(F)c1. The van der Waals surface area contributed by atoms with Gasteiger partial charge in [-0.05, 0) is 37.0 Å². The zero-order valence-corrected chi connectivity index (χ0v) is 9.11. The molecule has 0 amide bonds. The lowest BCUT2D eigenvalue weighted by Crippen LogP contribution is -2.43. The number of halogens is 2. The van der Waals surface area contributed by atoms with Crippen molar-refractivity contribution in [3.05, 3.63) is 35.4 Å². The van der Waals surface area contributed by atoms with Gasteiger partial charge < -0.3 is 15.3 Å². The zero-order valence-electron chi connectivity index (χ0n) is 9.11. The molecule has 2 rings (SSSR count). The van der Waals surface area contributed by atoms with Gasteiger partial charge in [-0.15, -0.1) is 0 Å². The molecule has 0 saturated heterocycles. The van der Waals surface area contributed by atoms with Gasteiger partial charge in [0.1, 0.15) is 11.7 Å². The Hall–Kier alpha value is -1.04. The molecule has 5 heteroatoms. The normalized spacial score (nSPS) is 30.5. The van der Waals surface area contributed by atoms with Crippen molar-refractivity contribution in [3.8, 4) is 0 Å². The topological polar surface area (TPSA) is 60.7 Å². The zero-order chi connectivity index (χ0) is 12.6. The largest absolute Gasteiger partial charge is 0.390 e. The van der Waals surface area contributed by atoms with E-state index in [4.69, 9.17) is 0 Å². The van der Waals surface area contributed by atoms with Gasteiger partial charge in [0.05, 0.1) is 6.10 Å². The molecule has 0 aromatic heterocycles. The molecule has 17 heavy (non-hydrogen) atoms. The van der Waals surface area contributed by atoms with Crippen LogP contribution in [0.15, 0.2) is 18.2 Å². The monoisotopic (exact) mass is 244 g/mol. The van der Waals surface area contributed by atoms with Crippen molar-refractivity contribution in [2.45, 2.75) is 37.1 Å². The third-order valence-corrected chi connectivity index (χ3v) is 3.36. The van der Waals surface area contributed by atoms with Crippen LogP contribution in [-0.2, 0) is 0 Å². The van der Waals surface area contributed by atoms with Crippen LogP contribution >= 0.6 is 0 Å². The summed E-state index contributed by atoms with van der Waals surface area (Å²) < 4.78 is 25.8. The fourth-order valence-corrected chi connectivity index (χ4v) is 2.29. The molecule has 0 radical (unpaired) electrons. The third kappa shape index (κ3) is 2.06. The molecule has 3 N–H and O–H groups in total. The molecule has 1 aromatic rings. The predicted molar refractivity (Wildman–Crippen MR) is 56.1 cm³/mol. The highest BCUT2D eigenvalue weighted by Crippen LogP contribution is 2.40. The van der Waals surface area contributed by atoms with Crippen LogP contribution in [0.2, 0.25) is 0 Å². The Morgan fingerprint density at radius 3 is 2.53 bits per heavy atom. The number of rotatable bonds is 2. The first kappa shape index (κ1) is 12.4. The molecule has 0 spiro atoms. The summed E-state index contributed by atoms with van der Waals surface area (Å²) in [7, 11) is 0. The third-order valence-electron chi connectivity index (χ3n) is 3.36. The van der Waals surface area contributed by atoms with E-state index in [0.29, 0.717) is 12.8 Å². The van der Waals surface area contributed by atoms with E-state index in [9.17, 15) is 24.1 Å². The van der Waals surface area contributed by atoms with Gasteiger partial charge in [0.2, 0.25) is 0 Å². The van der Waals surface area contributed by atoms with Crippen molar-refractivity contribution in [1.82, 2.24) is 0 Å². The van der Waals surface area contributed by atoms with E-state index in [1.165, 1.54) is 6.07 Å². The highest BCUT2D eigenvalue weighted by Gasteiger charge is 2.46. The first-order valence-corrected chi connectivity index (χ1v) is 5.48. The molecule has 1 fully saturated rings. The van der Waals surface area contributed by atoms with E-state index in [2.05, 4.69) is 0 Å². The molecule has 94 valence electrons. The molecule has 0 bridgehead atoms. The molecule has 3 atom stereocenters. The smallest absolute Gasteiger partial charge is 0.159 e. The average Bonchev–Trinajstić information content (AvgIpc) is 2.63. The highest BCUT2D eigenvalue weighted by atomic mass is 19.2. The van der Waals surface area contributed by atoms with Gasteiger partial charge in [0.25, 0.3) is 0 Å².